The van der Waals surface area contributed by atoms with E-state index in [1.807, 2.05) is 25.1 Å². The SMILES string of the molecule is C[C@@H](NCc1ccc(O)cc1)c1cccc(F)c1. The van der Waals surface area contributed by atoms with Crippen LogP contribution < -0.4 is 5.32 Å². The highest BCUT2D eigenvalue weighted by Gasteiger charge is 2.05. The molecule has 0 radical (unpaired) electrons. The molecule has 0 aliphatic rings. The molecule has 2 nitrogen and oxygen atoms in total. The molecule has 0 fully saturated rings. The van der Waals surface area contributed by atoms with Gasteiger partial charge in [-0.1, -0.05) is 24.3 Å². The first-order valence-electron chi connectivity index (χ1n) is 5.92. The summed E-state index contributed by atoms with van der Waals surface area (Å²) in [6, 6.07) is 13.7. The molecule has 2 N–H and O–H groups in total. The van der Waals surface area contributed by atoms with Crippen LogP contribution in [0, 0.1) is 5.82 Å². The fraction of sp³-hybridized carbons (Fsp3) is 0.200. The van der Waals surface area contributed by atoms with Crippen molar-refractivity contribution in [3.63, 3.8) is 0 Å². The van der Waals surface area contributed by atoms with Gasteiger partial charge in [0, 0.05) is 12.6 Å². The standard InChI is InChI=1S/C15H16FNO/c1-11(13-3-2-4-14(16)9-13)17-10-12-5-7-15(18)8-6-12/h2-9,11,17-18H,10H2,1H3/t11-/m1/s1. The molecule has 2 rings (SSSR count). The smallest absolute Gasteiger partial charge is 0.123 e. The summed E-state index contributed by atoms with van der Waals surface area (Å²) in [5.41, 5.74) is 2.00. The highest BCUT2D eigenvalue weighted by atomic mass is 19.1. The third-order valence-electron chi connectivity index (χ3n) is 2.90. The van der Waals surface area contributed by atoms with Crippen LogP contribution in [0.5, 0.6) is 5.75 Å². The normalized spacial score (nSPS) is 12.3. The van der Waals surface area contributed by atoms with Crippen molar-refractivity contribution in [2.75, 3.05) is 0 Å². The second kappa shape index (κ2) is 5.65. The maximum absolute atomic E-state index is 13.1. The Balaban J connectivity index is 1.96. The number of phenolic OH excluding ortho intramolecular Hbond substituents is 1. The van der Waals surface area contributed by atoms with E-state index in [2.05, 4.69) is 5.32 Å². The molecule has 0 unspecified atom stereocenters. The van der Waals surface area contributed by atoms with Crippen molar-refractivity contribution in [1.82, 2.24) is 5.32 Å². The molecule has 94 valence electrons. The number of aromatic hydroxyl groups is 1. The molecule has 0 amide bonds. The predicted octanol–water partition coefficient (Wildman–Crippen LogP) is 3.38. The van der Waals surface area contributed by atoms with Crippen molar-refractivity contribution in [3.05, 3.63) is 65.5 Å². The van der Waals surface area contributed by atoms with Gasteiger partial charge in [0.25, 0.3) is 0 Å². The summed E-state index contributed by atoms with van der Waals surface area (Å²) in [5, 5.41) is 12.5. The summed E-state index contributed by atoms with van der Waals surface area (Å²) >= 11 is 0. The molecule has 0 aromatic heterocycles. The summed E-state index contributed by atoms with van der Waals surface area (Å²) in [7, 11) is 0. The van der Waals surface area contributed by atoms with Crippen molar-refractivity contribution >= 4 is 0 Å². The number of benzene rings is 2. The lowest BCUT2D eigenvalue weighted by molar-refractivity contribution is 0.474. The van der Waals surface area contributed by atoms with Crippen molar-refractivity contribution in [2.24, 2.45) is 0 Å². The maximum atomic E-state index is 13.1. The van der Waals surface area contributed by atoms with Crippen molar-refractivity contribution in [1.29, 1.82) is 0 Å². The van der Waals surface area contributed by atoms with Crippen LogP contribution in [0.3, 0.4) is 0 Å². The van der Waals surface area contributed by atoms with Crippen LogP contribution in [0.1, 0.15) is 24.1 Å². The molecule has 0 saturated heterocycles. The fourth-order valence-electron chi connectivity index (χ4n) is 1.78. The summed E-state index contributed by atoms with van der Waals surface area (Å²) in [5.74, 6) is 0.0442. The van der Waals surface area contributed by atoms with Crippen molar-refractivity contribution in [2.45, 2.75) is 19.5 Å². The average molecular weight is 245 g/mol. The summed E-state index contributed by atoms with van der Waals surface area (Å²) in [6.45, 7) is 2.67. The quantitative estimate of drug-likeness (QED) is 0.865. The molecular weight excluding hydrogens is 229 g/mol. The van der Waals surface area contributed by atoms with E-state index in [4.69, 9.17) is 0 Å². The Bertz CT molecular complexity index is 510. The van der Waals surface area contributed by atoms with Crippen LogP contribution in [0.2, 0.25) is 0 Å². The summed E-state index contributed by atoms with van der Waals surface area (Å²) < 4.78 is 13.1. The number of nitrogens with one attached hydrogen (secondary N) is 1. The van der Waals surface area contributed by atoms with E-state index < -0.39 is 0 Å². The van der Waals surface area contributed by atoms with Gasteiger partial charge in [-0.15, -0.1) is 0 Å². The van der Waals surface area contributed by atoms with Crippen LogP contribution in [0.15, 0.2) is 48.5 Å². The number of phenols is 1. The Hall–Kier alpha value is -1.87. The Morgan fingerprint density at radius 2 is 1.89 bits per heavy atom. The first-order chi connectivity index (χ1) is 8.65. The maximum Gasteiger partial charge on any atom is 0.123 e. The molecule has 0 spiro atoms. The van der Waals surface area contributed by atoms with E-state index in [1.54, 1.807) is 18.2 Å². The van der Waals surface area contributed by atoms with Gasteiger partial charge < -0.3 is 10.4 Å². The van der Waals surface area contributed by atoms with Crippen LogP contribution in [-0.4, -0.2) is 5.11 Å². The zero-order valence-electron chi connectivity index (χ0n) is 10.2. The molecular formula is C15H16FNO. The van der Waals surface area contributed by atoms with Gasteiger partial charge in [0.05, 0.1) is 0 Å². The van der Waals surface area contributed by atoms with Gasteiger partial charge in [-0.2, -0.15) is 0 Å². The minimum Gasteiger partial charge on any atom is -0.508 e. The van der Waals surface area contributed by atoms with Crippen LogP contribution in [0.25, 0.3) is 0 Å². The average Bonchev–Trinajstić information content (AvgIpc) is 2.38. The van der Waals surface area contributed by atoms with Crippen LogP contribution in [-0.2, 0) is 6.54 Å². The fourth-order valence-corrected chi connectivity index (χ4v) is 1.78. The zero-order valence-corrected chi connectivity index (χ0v) is 10.2. The highest BCUT2D eigenvalue weighted by Crippen LogP contribution is 2.15. The molecule has 3 heteroatoms. The van der Waals surface area contributed by atoms with Crippen LogP contribution >= 0.6 is 0 Å². The number of rotatable bonds is 4. The van der Waals surface area contributed by atoms with E-state index in [0.717, 1.165) is 11.1 Å². The summed E-state index contributed by atoms with van der Waals surface area (Å²) in [6.07, 6.45) is 0. The minimum atomic E-state index is -0.217. The summed E-state index contributed by atoms with van der Waals surface area (Å²) in [4.78, 5) is 0. The lowest BCUT2D eigenvalue weighted by Gasteiger charge is -2.14. The topological polar surface area (TPSA) is 32.3 Å². The van der Waals surface area contributed by atoms with Gasteiger partial charge >= 0.3 is 0 Å². The van der Waals surface area contributed by atoms with Gasteiger partial charge in [-0.05, 0) is 42.3 Å². The van der Waals surface area contributed by atoms with Gasteiger partial charge in [0.15, 0.2) is 0 Å². The minimum absolute atomic E-state index is 0.0782. The van der Waals surface area contributed by atoms with Gasteiger partial charge in [0.2, 0.25) is 0 Å². The number of halogens is 1. The third-order valence-corrected chi connectivity index (χ3v) is 2.90. The van der Waals surface area contributed by atoms with Crippen molar-refractivity contribution in [3.8, 4) is 5.75 Å². The van der Waals surface area contributed by atoms with Crippen molar-refractivity contribution < 1.29 is 9.50 Å². The van der Waals surface area contributed by atoms with Gasteiger partial charge in [0.1, 0.15) is 11.6 Å². The molecule has 18 heavy (non-hydrogen) atoms. The molecule has 0 bridgehead atoms. The molecule has 2 aromatic carbocycles. The molecule has 0 heterocycles. The lowest BCUT2D eigenvalue weighted by atomic mass is 10.1. The monoisotopic (exact) mass is 245 g/mol. The number of hydrogen-bond acceptors (Lipinski definition) is 2. The van der Waals surface area contributed by atoms with E-state index in [1.165, 1.54) is 12.1 Å². The third kappa shape index (κ3) is 3.31. The molecule has 0 aliphatic carbocycles. The first kappa shape index (κ1) is 12.6. The predicted molar refractivity (Wildman–Crippen MR) is 69.8 cm³/mol. The van der Waals surface area contributed by atoms with E-state index in [-0.39, 0.29) is 17.6 Å². The van der Waals surface area contributed by atoms with E-state index >= 15 is 0 Å². The lowest BCUT2D eigenvalue weighted by Crippen LogP contribution is -2.18. The van der Waals surface area contributed by atoms with Gasteiger partial charge in [-0.3, -0.25) is 0 Å². The molecule has 0 saturated carbocycles. The molecule has 0 aliphatic heterocycles. The Morgan fingerprint density at radius 3 is 2.56 bits per heavy atom. The van der Waals surface area contributed by atoms with E-state index in [0.29, 0.717) is 6.54 Å². The number of hydrogen-bond donors (Lipinski definition) is 2. The van der Waals surface area contributed by atoms with Crippen LogP contribution in [0.4, 0.5) is 4.39 Å². The Kier molecular flexibility index (Phi) is 3.95. The largest absolute Gasteiger partial charge is 0.508 e. The van der Waals surface area contributed by atoms with E-state index in [9.17, 15) is 9.50 Å². The Labute approximate surface area is 106 Å². The van der Waals surface area contributed by atoms with Gasteiger partial charge in [-0.25, -0.2) is 4.39 Å². The molecule has 1 atom stereocenters. The zero-order chi connectivity index (χ0) is 13.0. The second-order valence-corrected chi connectivity index (χ2v) is 4.32. The molecule has 2 aromatic rings. The second-order valence-electron chi connectivity index (χ2n) is 4.32. The highest BCUT2D eigenvalue weighted by molar-refractivity contribution is 5.26. The first-order valence-corrected chi connectivity index (χ1v) is 5.92. The Morgan fingerprint density at radius 1 is 1.17 bits per heavy atom.